The maximum atomic E-state index is 6.17. The van der Waals surface area contributed by atoms with Crippen molar-refractivity contribution in [3.8, 4) is 29.4 Å². The van der Waals surface area contributed by atoms with Gasteiger partial charge in [-0.15, -0.1) is 6.42 Å². The van der Waals surface area contributed by atoms with E-state index in [1.165, 1.54) is 0 Å². The maximum Gasteiger partial charge on any atom is 0.132 e. The molecule has 0 bridgehead atoms. The zero-order chi connectivity index (χ0) is 13.8. The molecule has 1 aromatic heterocycles. The summed E-state index contributed by atoms with van der Waals surface area (Å²) in [5.41, 5.74) is 7.78. The number of methoxy groups -OCH3 is 1. The van der Waals surface area contributed by atoms with Crippen LogP contribution in [0.3, 0.4) is 0 Å². The molecule has 98 valence electrons. The Morgan fingerprint density at radius 2 is 2.16 bits per heavy atom. The van der Waals surface area contributed by atoms with E-state index in [0.29, 0.717) is 12.4 Å². The Kier molecular flexibility index (Phi) is 3.76. The lowest BCUT2D eigenvalue weighted by molar-refractivity contribution is 0.416. The number of ether oxygens (including phenoxy) is 1. The molecule has 1 heterocycles. The zero-order valence-electron chi connectivity index (χ0n) is 11.2. The number of benzene rings is 1. The lowest BCUT2D eigenvalue weighted by Gasteiger charge is -2.07. The highest BCUT2D eigenvalue weighted by molar-refractivity contribution is 5.76. The summed E-state index contributed by atoms with van der Waals surface area (Å²) in [5, 5.41) is 0. The molecule has 0 aliphatic heterocycles. The first kappa shape index (κ1) is 13.0. The van der Waals surface area contributed by atoms with Gasteiger partial charge in [0.1, 0.15) is 23.1 Å². The fraction of sp³-hybridized carbons (Fsp3) is 0.267. The van der Waals surface area contributed by atoms with Crippen LogP contribution in [-0.4, -0.2) is 16.7 Å². The molecule has 2 N–H and O–H groups in total. The van der Waals surface area contributed by atoms with E-state index >= 15 is 0 Å². The van der Waals surface area contributed by atoms with Gasteiger partial charge in [0.05, 0.1) is 13.7 Å². The number of hydrogen-bond donors (Lipinski definition) is 1. The molecule has 0 unspecified atom stereocenters. The van der Waals surface area contributed by atoms with Gasteiger partial charge < -0.3 is 15.0 Å². The highest BCUT2D eigenvalue weighted by Crippen LogP contribution is 2.33. The molecule has 4 heteroatoms. The van der Waals surface area contributed by atoms with Crippen LogP contribution in [0, 0.1) is 12.3 Å². The quantitative estimate of drug-likeness (QED) is 0.853. The van der Waals surface area contributed by atoms with Crippen molar-refractivity contribution in [2.75, 3.05) is 12.8 Å². The van der Waals surface area contributed by atoms with Crippen molar-refractivity contribution in [2.24, 2.45) is 0 Å². The van der Waals surface area contributed by atoms with Gasteiger partial charge in [0.2, 0.25) is 0 Å². The number of hydrogen-bond acceptors (Lipinski definition) is 3. The first-order valence-electron chi connectivity index (χ1n) is 6.14. The molecule has 2 rings (SSSR count). The highest BCUT2D eigenvalue weighted by atomic mass is 16.5. The molecular weight excluding hydrogens is 238 g/mol. The first-order valence-corrected chi connectivity index (χ1v) is 6.14. The average Bonchev–Trinajstić information content (AvgIpc) is 2.76. The van der Waals surface area contributed by atoms with Crippen LogP contribution in [0.1, 0.15) is 12.7 Å². The molecule has 0 amide bonds. The van der Waals surface area contributed by atoms with Gasteiger partial charge in [0.25, 0.3) is 0 Å². The summed E-state index contributed by atoms with van der Waals surface area (Å²) >= 11 is 0. The van der Waals surface area contributed by atoms with Crippen LogP contribution in [0.2, 0.25) is 0 Å². The molecule has 0 fully saturated rings. The molecule has 0 saturated heterocycles. The topological polar surface area (TPSA) is 53.1 Å². The number of aromatic nitrogens is 2. The number of nitrogens with zero attached hydrogens (tertiary/aromatic N) is 2. The van der Waals surface area contributed by atoms with E-state index in [1.54, 1.807) is 7.11 Å². The van der Waals surface area contributed by atoms with Gasteiger partial charge in [-0.2, -0.15) is 0 Å². The minimum Gasteiger partial charge on any atom is -0.496 e. The van der Waals surface area contributed by atoms with E-state index in [1.807, 2.05) is 35.8 Å². The summed E-state index contributed by atoms with van der Waals surface area (Å²) in [7, 11) is 1.63. The Labute approximate surface area is 113 Å². The molecule has 2 aromatic rings. The molecule has 4 nitrogen and oxygen atoms in total. The van der Waals surface area contributed by atoms with E-state index in [4.69, 9.17) is 16.9 Å². The molecule has 0 spiro atoms. The van der Waals surface area contributed by atoms with Crippen LogP contribution >= 0.6 is 0 Å². The molecular formula is C15H17N3O. The molecule has 0 atom stereocenters. The molecule has 0 aliphatic carbocycles. The van der Waals surface area contributed by atoms with Crippen molar-refractivity contribution in [1.82, 2.24) is 9.55 Å². The Morgan fingerprint density at radius 1 is 1.42 bits per heavy atom. The van der Waals surface area contributed by atoms with Crippen LogP contribution in [0.15, 0.2) is 24.3 Å². The van der Waals surface area contributed by atoms with E-state index in [0.717, 1.165) is 29.3 Å². The normalized spacial score (nSPS) is 10.2. The van der Waals surface area contributed by atoms with Gasteiger partial charge in [-0.05, 0) is 12.1 Å². The van der Waals surface area contributed by atoms with Gasteiger partial charge in [0.15, 0.2) is 0 Å². The van der Waals surface area contributed by atoms with Crippen LogP contribution in [0.4, 0.5) is 5.82 Å². The van der Waals surface area contributed by atoms with Crippen LogP contribution in [0.25, 0.3) is 11.3 Å². The molecule has 0 saturated carbocycles. The van der Waals surface area contributed by atoms with Crippen molar-refractivity contribution in [2.45, 2.75) is 19.9 Å². The van der Waals surface area contributed by atoms with Gasteiger partial charge in [-0.1, -0.05) is 25.0 Å². The summed E-state index contributed by atoms with van der Waals surface area (Å²) in [4.78, 5) is 4.59. The number of rotatable bonds is 4. The summed E-state index contributed by atoms with van der Waals surface area (Å²) in [6.07, 6.45) is 6.16. The predicted octanol–water partition coefficient (Wildman–Crippen LogP) is 2.34. The Hall–Kier alpha value is -2.41. The Bertz CT molecular complexity index is 623. The lowest BCUT2D eigenvalue weighted by Crippen LogP contribution is -2.05. The van der Waals surface area contributed by atoms with Crippen LogP contribution in [-0.2, 0) is 13.0 Å². The molecule has 0 radical (unpaired) electrons. The van der Waals surface area contributed by atoms with Crippen molar-refractivity contribution < 1.29 is 4.74 Å². The number of nitrogen functional groups attached to an aromatic ring is 1. The third kappa shape index (κ3) is 2.27. The highest BCUT2D eigenvalue weighted by Gasteiger charge is 2.17. The third-order valence-corrected chi connectivity index (χ3v) is 3.01. The Morgan fingerprint density at radius 3 is 2.79 bits per heavy atom. The average molecular weight is 255 g/mol. The van der Waals surface area contributed by atoms with Gasteiger partial charge in [-0.25, -0.2) is 4.98 Å². The van der Waals surface area contributed by atoms with Crippen molar-refractivity contribution >= 4 is 5.82 Å². The second kappa shape index (κ2) is 5.49. The van der Waals surface area contributed by atoms with E-state index in [2.05, 4.69) is 10.9 Å². The number of nitrogens with two attached hydrogens (primary N) is 1. The molecule has 1 aromatic carbocycles. The second-order valence-corrected chi connectivity index (χ2v) is 4.11. The number of anilines is 1. The Balaban J connectivity index is 2.60. The summed E-state index contributed by atoms with van der Waals surface area (Å²) in [6, 6.07) is 7.68. The zero-order valence-corrected chi connectivity index (χ0v) is 11.2. The minimum atomic E-state index is 0.428. The van der Waals surface area contributed by atoms with E-state index in [9.17, 15) is 0 Å². The smallest absolute Gasteiger partial charge is 0.132 e. The van der Waals surface area contributed by atoms with E-state index < -0.39 is 0 Å². The summed E-state index contributed by atoms with van der Waals surface area (Å²) in [5.74, 6) is 4.82. The van der Waals surface area contributed by atoms with Gasteiger partial charge in [0, 0.05) is 12.0 Å². The standard InChI is InChI=1S/C15H17N3O/c1-4-10-18-13(5-2)17-14(15(18)16)11-8-6-7-9-12(11)19-3/h1,6-9H,5,10,16H2,2-3H3. The summed E-state index contributed by atoms with van der Waals surface area (Å²) < 4.78 is 7.22. The monoisotopic (exact) mass is 255 g/mol. The first-order chi connectivity index (χ1) is 9.22. The van der Waals surface area contributed by atoms with Crippen molar-refractivity contribution in [3.63, 3.8) is 0 Å². The van der Waals surface area contributed by atoms with Crippen molar-refractivity contribution in [1.29, 1.82) is 0 Å². The minimum absolute atomic E-state index is 0.428. The maximum absolute atomic E-state index is 6.17. The summed E-state index contributed by atoms with van der Waals surface area (Å²) in [6.45, 7) is 2.46. The number of terminal acetylenes is 1. The van der Waals surface area contributed by atoms with E-state index in [-0.39, 0.29) is 0 Å². The number of para-hydroxylation sites is 1. The van der Waals surface area contributed by atoms with Gasteiger partial charge in [-0.3, -0.25) is 0 Å². The van der Waals surface area contributed by atoms with Gasteiger partial charge >= 0.3 is 0 Å². The fourth-order valence-electron chi connectivity index (χ4n) is 2.09. The predicted molar refractivity (Wildman–Crippen MR) is 76.8 cm³/mol. The second-order valence-electron chi connectivity index (χ2n) is 4.11. The molecule has 0 aliphatic rings. The van der Waals surface area contributed by atoms with Crippen molar-refractivity contribution in [3.05, 3.63) is 30.1 Å². The van der Waals surface area contributed by atoms with Crippen LogP contribution in [0.5, 0.6) is 5.75 Å². The third-order valence-electron chi connectivity index (χ3n) is 3.01. The van der Waals surface area contributed by atoms with Crippen LogP contribution < -0.4 is 10.5 Å². The largest absolute Gasteiger partial charge is 0.496 e. The SMILES string of the molecule is C#CCn1c(CC)nc(-c2ccccc2OC)c1N. The lowest BCUT2D eigenvalue weighted by atomic mass is 10.1. The molecule has 19 heavy (non-hydrogen) atoms. The number of aryl methyl sites for hydroxylation is 1. The number of imidazole rings is 1. The fourth-order valence-corrected chi connectivity index (χ4v) is 2.09.